The van der Waals surface area contributed by atoms with Gasteiger partial charge >= 0.3 is 0 Å². The van der Waals surface area contributed by atoms with Gasteiger partial charge in [0, 0.05) is 32.1 Å². The molecule has 1 saturated carbocycles. The molecule has 122 valence electrons. The van der Waals surface area contributed by atoms with E-state index in [0.29, 0.717) is 31.1 Å². The predicted octanol–water partition coefficient (Wildman–Crippen LogP) is 2.43. The highest BCUT2D eigenvalue weighted by Crippen LogP contribution is 2.37. The summed E-state index contributed by atoms with van der Waals surface area (Å²) in [5.74, 6) is 1.12. The number of rotatable bonds is 4. The van der Waals surface area contributed by atoms with E-state index in [0.717, 1.165) is 25.6 Å². The number of amides is 1. The standard InChI is InChI=1S/C17H32N2O2/c1-17(2,3)14-4-6-15(7-5-14)18-9-8-16(20)19-10-12-21-13-11-19/h14-15,18H,4-13H2,1-3H3. The Morgan fingerprint density at radius 1 is 1.14 bits per heavy atom. The van der Waals surface area contributed by atoms with Crippen LogP contribution < -0.4 is 5.32 Å². The number of morpholine rings is 1. The van der Waals surface area contributed by atoms with Crippen LogP contribution in [-0.2, 0) is 9.53 Å². The van der Waals surface area contributed by atoms with Crippen LogP contribution in [0.2, 0.25) is 0 Å². The number of carbonyl (C=O) groups excluding carboxylic acids is 1. The van der Waals surface area contributed by atoms with Gasteiger partial charge in [0.05, 0.1) is 13.2 Å². The first-order chi connectivity index (χ1) is 9.97. The second kappa shape index (κ2) is 7.59. The molecule has 1 N–H and O–H groups in total. The molecule has 2 fully saturated rings. The van der Waals surface area contributed by atoms with E-state index in [-0.39, 0.29) is 5.91 Å². The molecule has 21 heavy (non-hydrogen) atoms. The van der Waals surface area contributed by atoms with Crippen LogP contribution in [0.1, 0.15) is 52.9 Å². The first kappa shape index (κ1) is 16.8. The second-order valence-electron chi connectivity index (χ2n) is 7.61. The minimum atomic E-state index is 0.272. The highest BCUT2D eigenvalue weighted by Gasteiger charge is 2.29. The molecule has 1 aliphatic heterocycles. The number of nitrogens with one attached hydrogen (secondary N) is 1. The summed E-state index contributed by atoms with van der Waals surface area (Å²) in [6.07, 6.45) is 5.78. The Morgan fingerprint density at radius 3 is 2.33 bits per heavy atom. The number of hydrogen-bond acceptors (Lipinski definition) is 3. The summed E-state index contributed by atoms with van der Waals surface area (Å²) in [4.78, 5) is 14.0. The van der Waals surface area contributed by atoms with E-state index in [9.17, 15) is 4.79 Å². The highest BCUT2D eigenvalue weighted by atomic mass is 16.5. The molecule has 0 radical (unpaired) electrons. The van der Waals surface area contributed by atoms with E-state index >= 15 is 0 Å². The minimum absolute atomic E-state index is 0.272. The van der Waals surface area contributed by atoms with Crippen LogP contribution in [-0.4, -0.2) is 49.7 Å². The van der Waals surface area contributed by atoms with E-state index in [1.54, 1.807) is 0 Å². The minimum Gasteiger partial charge on any atom is -0.378 e. The average Bonchev–Trinajstić information content (AvgIpc) is 2.47. The molecule has 0 spiro atoms. The van der Waals surface area contributed by atoms with Crippen molar-refractivity contribution in [3.8, 4) is 0 Å². The summed E-state index contributed by atoms with van der Waals surface area (Å²) in [7, 11) is 0. The Hall–Kier alpha value is -0.610. The summed E-state index contributed by atoms with van der Waals surface area (Å²) < 4.78 is 5.28. The van der Waals surface area contributed by atoms with Crippen molar-refractivity contribution < 1.29 is 9.53 Å². The SMILES string of the molecule is CC(C)(C)C1CCC(NCCC(=O)N2CCOCC2)CC1. The fraction of sp³-hybridized carbons (Fsp3) is 0.941. The van der Waals surface area contributed by atoms with Gasteiger partial charge in [-0.2, -0.15) is 0 Å². The van der Waals surface area contributed by atoms with Gasteiger partial charge in [-0.1, -0.05) is 20.8 Å². The molecule has 0 atom stereocenters. The van der Waals surface area contributed by atoms with E-state index < -0.39 is 0 Å². The van der Waals surface area contributed by atoms with Gasteiger partial charge in [-0.05, 0) is 37.0 Å². The molecule has 2 rings (SSSR count). The molecule has 0 aromatic rings. The van der Waals surface area contributed by atoms with E-state index in [4.69, 9.17) is 4.74 Å². The van der Waals surface area contributed by atoms with Gasteiger partial charge in [0.25, 0.3) is 0 Å². The van der Waals surface area contributed by atoms with Gasteiger partial charge in [-0.15, -0.1) is 0 Å². The molecule has 2 aliphatic rings. The fourth-order valence-electron chi connectivity index (χ4n) is 3.52. The van der Waals surface area contributed by atoms with Crippen LogP contribution in [0, 0.1) is 11.3 Å². The lowest BCUT2D eigenvalue weighted by molar-refractivity contribution is -0.135. The topological polar surface area (TPSA) is 41.6 Å². The Balaban J connectivity index is 1.60. The van der Waals surface area contributed by atoms with E-state index in [1.807, 2.05) is 4.90 Å². The summed E-state index contributed by atoms with van der Waals surface area (Å²) in [5, 5.41) is 3.58. The normalized spacial score (nSPS) is 27.7. The van der Waals surface area contributed by atoms with Crippen LogP contribution in [0.3, 0.4) is 0 Å². The molecule has 0 bridgehead atoms. The monoisotopic (exact) mass is 296 g/mol. The molecule has 1 amide bonds. The lowest BCUT2D eigenvalue weighted by atomic mass is 9.71. The molecule has 0 aromatic heterocycles. The molecule has 1 saturated heterocycles. The van der Waals surface area contributed by atoms with Gasteiger partial charge in [-0.3, -0.25) is 4.79 Å². The fourth-order valence-corrected chi connectivity index (χ4v) is 3.52. The van der Waals surface area contributed by atoms with Crippen LogP contribution in [0.15, 0.2) is 0 Å². The van der Waals surface area contributed by atoms with Crippen molar-refractivity contribution in [2.75, 3.05) is 32.8 Å². The van der Waals surface area contributed by atoms with E-state index in [2.05, 4.69) is 26.1 Å². The molecular formula is C17H32N2O2. The van der Waals surface area contributed by atoms with Gasteiger partial charge < -0.3 is 15.0 Å². The predicted molar refractivity (Wildman–Crippen MR) is 85.2 cm³/mol. The number of ether oxygens (including phenoxy) is 1. The average molecular weight is 296 g/mol. The van der Waals surface area contributed by atoms with Crippen LogP contribution >= 0.6 is 0 Å². The zero-order valence-electron chi connectivity index (χ0n) is 14.0. The molecular weight excluding hydrogens is 264 g/mol. The first-order valence-corrected chi connectivity index (χ1v) is 8.55. The van der Waals surface area contributed by atoms with Gasteiger partial charge in [-0.25, -0.2) is 0 Å². The van der Waals surface area contributed by atoms with Crippen LogP contribution in [0.4, 0.5) is 0 Å². The molecule has 0 unspecified atom stereocenters. The summed E-state index contributed by atoms with van der Waals surface area (Å²) in [6.45, 7) is 10.8. The number of hydrogen-bond donors (Lipinski definition) is 1. The maximum absolute atomic E-state index is 12.1. The van der Waals surface area contributed by atoms with Gasteiger partial charge in [0.15, 0.2) is 0 Å². The zero-order chi connectivity index (χ0) is 15.3. The third kappa shape index (κ3) is 5.26. The molecule has 0 aromatic carbocycles. The first-order valence-electron chi connectivity index (χ1n) is 8.55. The molecule has 4 heteroatoms. The second-order valence-corrected chi connectivity index (χ2v) is 7.61. The Labute approximate surface area is 129 Å². The maximum Gasteiger partial charge on any atom is 0.224 e. The van der Waals surface area contributed by atoms with Crippen LogP contribution in [0.5, 0.6) is 0 Å². The summed E-state index contributed by atoms with van der Waals surface area (Å²) in [6, 6.07) is 0.612. The Kier molecular flexibility index (Phi) is 6.06. The molecule has 1 aliphatic carbocycles. The lowest BCUT2D eigenvalue weighted by Gasteiger charge is -2.37. The van der Waals surface area contributed by atoms with Crippen molar-refractivity contribution in [2.24, 2.45) is 11.3 Å². The van der Waals surface area contributed by atoms with Crippen LogP contribution in [0.25, 0.3) is 0 Å². The Morgan fingerprint density at radius 2 is 1.76 bits per heavy atom. The summed E-state index contributed by atoms with van der Waals surface area (Å²) >= 11 is 0. The summed E-state index contributed by atoms with van der Waals surface area (Å²) in [5.41, 5.74) is 0.442. The third-order valence-electron chi connectivity index (χ3n) is 5.09. The van der Waals surface area contributed by atoms with Crippen molar-refractivity contribution in [1.29, 1.82) is 0 Å². The Bertz CT molecular complexity index is 324. The molecule has 1 heterocycles. The smallest absolute Gasteiger partial charge is 0.224 e. The van der Waals surface area contributed by atoms with E-state index in [1.165, 1.54) is 25.7 Å². The highest BCUT2D eigenvalue weighted by molar-refractivity contribution is 5.76. The number of carbonyl (C=O) groups is 1. The van der Waals surface area contributed by atoms with Crippen molar-refractivity contribution in [3.05, 3.63) is 0 Å². The maximum atomic E-state index is 12.1. The lowest BCUT2D eigenvalue weighted by Crippen LogP contribution is -2.43. The van der Waals surface area contributed by atoms with Crippen molar-refractivity contribution in [2.45, 2.75) is 58.9 Å². The quantitative estimate of drug-likeness (QED) is 0.866. The van der Waals surface area contributed by atoms with Gasteiger partial charge in [0.1, 0.15) is 0 Å². The van der Waals surface area contributed by atoms with Crippen molar-refractivity contribution in [1.82, 2.24) is 10.2 Å². The number of nitrogens with zero attached hydrogens (tertiary/aromatic N) is 1. The molecule has 4 nitrogen and oxygen atoms in total. The third-order valence-corrected chi connectivity index (χ3v) is 5.09. The zero-order valence-corrected chi connectivity index (χ0v) is 14.0. The van der Waals surface area contributed by atoms with Gasteiger partial charge in [0.2, 0.25) is 5.91 Å². The van der Waals surface area contributed by atoms with Crippen molar-refractivity contribution in [3.63, 3.8) is 0 Å². The largest absolute Gasteiger partial charge is 0.378 e. The van der Waals surface area contributed by atoms with Crippen molar-refractivity contribution >= 4 is 5.91 Å².